The molecule has 4 amide bonds. The number of ether oxygens (including phenoxy) is 3. The smallest absolute Gasteiger partial charge is 0.276 e. The van der Waals surface area contributed by atoms with E-state index < -0.39 is 11.6 Å². The van der Waals surface area contributed by atoms with Crippen LogP contribution < -0.4 is 35.5 Å². The molecule has 4 saturated heterocycles. The van der Waals surface area contributed by atoms with Crippen molar-refractivity contribution in [2.24, 2.45) is 14.1 Å². The molecular formula is C98H105F3N24O7. The van der Waals surface area contributed by atoms with Crippen LogP contribution in [0.15, 0.2) is 201 Å². The molecule has 0 saturated carbocycles. The predicted molar refractivity (Wildman–Crippen MR) is 503 cm³/mol. The van der Waals surface area contributed by atoms with Crippen molar-refractivity contribution in [1.82, 2.24) is 99.3 Å². The number of nitrogens with one attached hydrogen (secondary N) is 8. The van der Waals surface area contributed by atoms with Crippen molar-refractivity contribution < 1.29 is 46.6 Å². The summed E-state index contributed by atoms with van der Waals surface area (Å²) in [6.45, 7) is 14.3. The lowest BCUT2D eigenvalue weighted by molar-refractivity contribution is 0.101. The topological polar surface area (TPSA) is 343 Å². The minimum Gasteiger partial charge on any atom is -0.490 e. The highest BCUT2D eigenvalue weighted by Crippen LogP contribution is 2.36. The standard InChI is InChI=1S/C26H29FN6O2.C25H28N6O2.C24H25FN6O2.C23H23FN6O/c1-16(2)33-15-17(14-28-33)21-12-22-24(13-23(21)27)30-31-25(22)26(34)29-18-4-6-19(7-5-18)35-20-8-10-32(3)11-9-20;1-16-26-15-23(31(16)3)17-4-9-22-21(14-17)24(29-28-22)25(32)27-18-5-7-19(8-6-18)33-20-10-12-30(2)13-11-20;1-30-10-7-17(8-11-30)33-16-5-3-15(4-6-16)26-24(32)23-19-13-18(21-9-12-31(2)29-21)20(25)14-22(19)27-28-23;1-29-10-8-19(9-11-29)30-14-16(13-25-30)15-2-7-21-20(12-15)22(28-27-21)23(31)26-18-5-3-17(24)4-6-18/h4-7,12-16,20H,8-11H2,1-3H3,(H,29,34)(H,30,31);4-9,14-15,20H,10-13H2,1-3H3,(H,27,32)(H,28,29);3-6,9,12-14,17H,7-8,10-11H2,1-2H3,(H,26,32)(H,27,28);2-7,12-14,19H,8-11H2,1H3,(H,26,31)(H,27,28). The number of H-pyrrole nitrogens is 4. The number of hydrogen-bond donors (Lipinski definition) is 8. The third-order valence-electron chi connectivity index (χ3n) is 24.6. The Morgan fingerprint density at radius 2 is 0.795 bits per heavy atom. The second-order valence-electron chi connectivity index (χ2n) is 34.5. The molecule has 8 aromatic carbocycles. The van der Waals surface area contributed by atoms with Gasteiger partial charge in [-0.25, -0.2) is 18.2 Å². The third-order valence-corrected chi connectivity index (χ3v) is 24.6. The predicted octanol–water partition coefficient (Wildman–Crippen LogP) is 16.8. The second kappa shape index (κ2) is 39.8. The van der Waals surface area contributed by atoms with E-state index >= 15 is 0 Å². The van der Waals surface area contributed by atoms with Crippen LogP contribution in [0.3, 0.4) is 0 Å². The van der Waals surface area contributed by atoms with E-state index in [9.17, 15) is 32.3 Å². The molecule has 680 valence electrons. The average Bonchev–Trinajstić information content (AvgIpc) is 1.58. The first kappa shape index (κ1) is 89.4. The number of aromatic amines is 4. The minimum atomic E-state index is -0.433. The summed E-state index contributed by atoms with van der Waals surface area (Å²) < 4.78 is 68.2. The van der Waals surface area contributed by atoms with Gasteiger partial charge in [0.1, 0.15) is 58.8 Å². The van der Waals surface area contributed by atoms with Crippen molar-refractivity contribution in [2.45, 2.75) is 103 Å². The first-order chi connectivity index (χ1) is 63.9. The van der Waals surface area contributed by atoms with Crippen LogP contribution in [-0.4, -0.2) is 222 Å². The average molecular weight is 1790 g/mol. The fourth-order valence-corrected chi connectivity index (χ4v) is 16.6. The van der Waals surface area contributed by atoms with Gasteiger partial charge in [-0.1, -0.05) is 12.1 Å². The summed E-state index contributed by atoms with van der Waals surface area (Å²) in [4.78, 5) is 65.3. The molecule has 0 spiro atoms. The van der Waals surface area contributed by atoms with E-state index in [4.69, 9.17) is 14.2 Å². The zero-order chi connectivity index (χ0) is 91.8. The van der Waals surface area contributed by atoms with Gasteiger partial charge in [0.15, 0.2) is 22.8 Å². The number of hydrogen-bond acceptors (Lipinski definition) is 19. The number of piperidine rings is 4. The van der Waals surface area contributed by atoms with Crippen LogP contribution in [0.5, 0.6) is 17.2 Å². The molecule has 34 heteroatoms. The van der Waals surface area contributed by atoms with E-state index in [-0.39, 0.29) is 65.2 Å². The Morgan fingerprint density at radius 1 is 0.409 bits per heavy atom. The second-order valence-corrected chi connectivity index (χ2v) is 34.5. The van der Waals surface area contributed by atoms with Gasteiger partial charge in [0.05, 0.1) is 58.1 Å². The molecule has 31 nitrogen and oxygen atoms in total. The number of fused-ring (bicyclic) bond motifs is 4. The van der Waals surface area contributed by atoms with Crippen molar-refractivity contribution in [3.8, 4) is 62.0 Å². The Hall–Kier alpha value is -14.6. The van der Waals surface area contributed by atoms with Crippen molar-refractivity contribution in [3.05, 3.63) is 247 Å². The van der Waals surface area contributed by atoms with Gasteiger partial charge in [0.25, 0.3) is 23.6 Å². The fraction of sp³-hybridized carbons (Fsp3) is 0.306. The van der Waals surface area contributed by atoms with Gasteiger partial charge in [0.2, 0.25) is 0 Å². The minimum absolute atomic E-state index is 0.159. The number of carbonyl (C=O) groups excluding carboxylic acids is 4. The lowest BCUT2D eigenvalue weighted by Crippen LogP contribution is -2.35. The van der Waals surface area contributed by atoms with Crippen molar-refractivity contribution in [3.63, 3.8) is 0 Å². The Bertz CT molecular complexity index is 6740. The van der Waals surface area contributed by atoms with Crippen molar-refractivity contribution in [2.75, 3.05) is 102 Å². The highest BCUT2D eigenvalue weighted by Gasteiger charge is 2.28. The molecule has 8 N–H and O–H groups in total. The number of imidazole rings is 1. The van der Waals surface area contributed by atoms with E-state index in [0.717, 1.165) is 171 Å². The maximum absolute atomic E-state index is 14.8. The maximum atomic E-state index is 14.8. The van der Waals surface area contributed by atoms with Crippen LogP contribution in [-0.2, 0) is 14.1 Å². The molecule has 0 bridgehead atoms. The van der Waals surface area contributed by atoms with Crippen LogP contribution in [0.2, 0.25) is 0 Å². The van der Waals surface area contributed by atoms with E-state index in [0.29, 0.717) is 84.4 Å². The first-order valence-electron chi connectivity index (χ1n) is 44.3. The number of benzene rings is 8. The van der Waals surface area contributed by atoms with E-state index in [2.05, 4.69) is 141 Å². The summed E-state index contributed by atoms with van der Waals surface area (Å²) in [7, 11) is 12.3. The number of aromatic nitrogens is 16. The van der Waals surface area contributed by atoms with Gasteiger partial charge in [-0.2, -0.15) is 35.7 Å². The molecule has 4 aliphatic rings. The molecule has 12 heterocycles. The monoisotopic (exact) mass is 1790 g/mol. The maximum Gasteiger partial charge on any atom is 0.276 e. The molecule has 4 aliphatic heterocycles. The number of amides is 4. The van der Waals surface area contributed by atoms with Crippen molar-refractivity contribution >= 4 is 90.0 Å². The highest BCUT2D eigenvalue weighted by atomic mass is 19.1. The zero-order valence-electron chi connectivity index (χ0n) is 74.9. The number of nitrogens with zero attached hydrogens (tertiary/aromatic N) is 16. The Kier molecular flexibility index (Phi) is 26.9. The highest BCUT2D eigenvalue weighted by molar-refractivity contribution is 6.14. The quantitative estimate of drug-likeness (QED) is 0.0351. The number of likely N-dealkylation sites (tertiary alicyclic amines) is 4. The Labute approximate surface area is 759 Å². The van der Waals surface area contributed by atoms with Crippen LogP contribution in [0.4, 0.5) is 35.9 Å². The number of anilines is 4. The Morgan fingerprint density at radius 3 is 1.20 bits per heavy atom. The first-order valence-corrected chi connectivity index (χ1v) is 44.3. The van der Waals surface area contributed by atoms with Crippen LogP contribution >= 0.6 is 0 Å². The van der Waals surface area contributed by atoms with Gasteiger partial charge < -0.3 is 59.6 Å². The van der Waals surface area contributed by atoms with Gasteiger partial charge in [-0.05, 0) is 259 Å². The summed E-state index contributed by atoms with van der Waals surface area (Å²) in [5.41, 5.74) is 11.8. The van der Waals surface area contributed by atoms with E-state index in [1.54, 1.807) is 65.3 Å². The number of aryl methyl sites for hydroxylation is 2. The molecule has 20 rings (SSSR count). The summed E-state index contributed by atoms with van der Waals surface area (Å²) in [6, 6.07) is 47.8. The number of carbonyl (C=O) groups is 4. The van der Waals surface area contributed by atoms with Gasteiger partial charge in [-0.3, -0.25) is 53.6 Å². The van der Waals surface area contributed by atoms with Crippen molar-refractivity contribution in [1.29, 1.82) is 0 Å². The molecule has 0 unspecified atom stereocenters. The molecule has 4 fully saturated rings. The van der Waals surface area contributed by atoms with Gasteiger partial charge >= 0.3 is 0 Å². The Balaban J connectivity index is 0.000000123. The normalized spacial score (nSPS) is 15.2. The molecule has 0 aliphatic carbocycles. The van der Waals surface area contributed by atoms with Crippen LogP contribution in [0, 0.1) is 24.4 Å². The van der Waals surface area contributed by atoms with Crippen LogP contribution in [0.1, 0.15) is 125 Å². The molecule has 0 atom stereocenters. The molecule has 0 radical (unpaired) electrons. The third kappa shape index (κ3) is 21.1. The largest absolute Gasteiger partial charge is 0.490 e. The SMILES string of the molecule is CC(C)n1cc(-c2cc3c(C(=O)Nc4ccc(OC5CCN(C)CC5)cc4)n[nH]c3cc2F)cn1.CN1CCC(Oc2ccc(NC(=O)c3n[nH]c4cc(F)c(-c5ccn(C)n5)cc34)cc2)CC1.CN1CCC(n2cc(-c3ccc4[nH]nc(C(=O)Nc5ccc(F)cc5)c4c3)cn2)CC1.Cc1ncc(-c2ccc3[nH]nc(C(=O)Nc4ccc(OC5CCN(C)CC5)cc4)c3c2)n1C. The summed E-state index contributed by atoms with van der Waals surface area (Å²) >= 11 is 0. The lowest BCUT2D eigenvalue weighted by Gasteiger charge is -2.29. The molecule has 8 aromatic heterocycles. The zero-order valence-corrected chi connectivity index (χ0v) is 74.9. The molecule has 16 aromatic rings. The van der Waals surface area contributed by atoms with E-state index in [1.807, 2.05) is 142 Å². The summed E-state index contributed by atoms with van der Waals surface area (Å²) in [5.74, 6) is 0.748. The molecule has 132 heavy (non-hydrogen) atoms. The van der Waals surface area contributed by atoms with E-state index in [1.165, 1.54) is 36.4 Å². The number of rotatable bonds is 20. The molecular weight excluding hydrogens is 1680 g/mol. The summed E-state index contributed by atoms with van der Waals surface area (Å²) in [5, 5.41) is 55.2. The fourth-order valence-electron chi connectivity index (χ4n) is 16.6. The number of halogens is 3. The van der Waals surface area contributed by atoms with Gasteiger partial charge in [0, 0.05) is 162 Å². The van der Waals surface area contributed by atoms with Gasteiger partial charge in [-0.15, -0.1) is 0 Å². The lowest BCUT2D eigenvalue weighted by atomic mass is 10.0. The summed E-state index contributed by atoms with van der Waals surface area (Å²) in [6.07, 6.45) is 19.9. The van der Waals surface area contributed by atoms with Crippen LogP contribution in [0.25, 0.3) is 88.4 Å².